The quantitative estimate of drug-likeness (QED) is 0.272. The average Bonchev–Trinajstić information content (AvgIpc) is 3.22. The molecule has 4 rings (SSSR count). The van der Waals surface area contributed by atoms with Crippen molar-refractivity contribution in [2.24, 2.45) is 0 Å². The SMILES string of the molecule is COc1ccccc1-c1n[nH]c(=S)n1NCc1c(Br)ccc(OC)c1OCc1ccccc1. The van der Waals surface area contributed by atoms with Gasteiger partial charge in [-0.1, -0.05) is 58.4 Å². The van der Waals surface area contributed by atoms with Crippen LogP contribution in [-0.4, -0.2) is 29.1 Å². The third-order valence-electron chi connectivity index (χ3n) is 5.05. The number of aromatic nitrogens is 3. The van der Waals surface area contributed by atoms with Crippen LogP contribution in [0.3, 0.4) is 0 Å². The second-order valence-electron chi connectivity index (χ2n) is 7.05. The molecular weight excluding hydrogens is 504 g/mol. The minimum absolute atomic E-state index is 0.401. The highest BCUT2D eigenvalue weighted by Gasteiger charge is 2.18. The van der Waals surface area contributed by atoms with E-state index in [4.69, 9.17) is 26.4 Å². The summed E-state index contributed by atoms with van der Waals surface area (Å²) in [6.07, 6.45) is 0. The lowest BCUT2D eigenvalue weighted by Crippen LogP contribution is -2.17. The van der Waals surface area contributed by atoms with Crippen LogP contribution in [-0.2, 0) is 13.2 Å². The van der Waals surface area contributed by atoms with Crippen molar-refractivity contribution < 1.29 is 14.2 Å². The van der Waals surface area contributed by atoms with E-state index in [1.165, 1.54) is 0 Å². The molecule has 1 heterocycles. The minimum atomic E-state index is 0.401. The van der Waals surface area contributed by atoms with E-state index >= 15 is 0 Å². The highest BCUT2D eigenvalue weighted by Crippen LogP contribution is 2.37. The number of aromatic amines is 1. The molecule has 0 unspecified atom stereocenters. The van der Waals surface area contributed by atoms with Crippen molar-refractivity contribution in [3.8, 4) is 28.6 Å². The highest BCUT2D eigenvalue weighted by molar-refractivity contribution is 9.10. The fraction of sp³-hybridized carbons (Fsp3) is 0.167. The molecule has 0 bridgehead atoms. The van der Waals surface area contributed by atoms with Crippen molar-refractivity contribution in [3.05, 3.63) is 87.1 Å². The van der Waals surface area contributed by atoms with Crippen molar-refractivity contribution in [3.63, 3.8) is 0 Å². The Bertz CT molecular complexity index is 1290. The second kappa shape index (κ2) is 10.5. The van der Waals surface area contributed by atoms with Gasteiger partial charge in [-0.05, 0) is 42.0 Å². The van der Waals surface area contributed by atoms with Gasteiger partial charge in [0.1, 0.15) is 12.4 Å². The summed E-state index contributed by atoms with van der Waals surface area (Å²) in [5, 5.41) is 7.25. The van der Waals surface area contributed by atoms with Gasteiger partial charge in [-0.3, -0.25) is 0 Å². The van der Waals surface area contributed by atoms with Gasteiger partial charge in [-0.15, -0.1) is 0 Å². The third-order valence-corrected chi connectivity index (χ3v) is 6.06. The van der Waals surface area contributed by atoms with Crippen molar-refractivity contribution in [1.82, 2.24) is 14.9 Å². The van der Waals surface area contributed by atoms with Gasteiger partial charge >= 0.3 is 0 Å². The van der Waals surface area contributed by atoms with Crippen LogP contribution in [0.2, 0.25) is 0 Å². The Balaban J connectivity index is 1.64. The van der Waals surface area contributed by atoms with Gasteiger partial charge in [0.15, 0.2) is 17.3 Å². The molecule has 0 aliphatic heterocycles. The molecule has 33 heavy (non-hydrogen) atoms. The summed E-state index contributed by atoms with van der Waals surface area (Å²) < 4.78 is 20.3. The first-order valence-corrected chi connectivity index (χ1v) is 11.4. The van der Waals surface area contributed by atoms with Crippen LogP contribution in [0.4, 0.5) is 0 Å². The summed E-state index contributed by atoms with van der Waals surface area (Å²) in [6, 6.07) is 21.4. The summed E-state index contributed by atoms with van der Waals surface area (Å²) in [4.78, 5) is 0. The minimum Gasteiger partial charge on any atom is -0.496 e. The van der Waals surface area contributed by atoms with E-state index in [-0.39, 0.29) is 0 Å². The van der Waals surface area contributed by atoms with Gasteiger partial charge in [0.2, 0.25) is 4.77 Å². The first kappa shape index (κ1) is 22.9. The molecule has 4 aromatic rings. The van der Waals surface area contributed by atoms with E-state index in [1.54, 1.807) is 18.9 Å². The van der Waals surface area contributed by atoms with Crippen LogP contribution in [0.5, 0.6) is 17.2 Å². The standard InChI is InChI=1S/C24H23BrN4O3S/c1-30-20-11-7-6-10-17(20)23-27-28-24(33)29(23)26-14-18-19(25)12-13-21(31-2)22(18)32-15-16-8-4-3-5-9-16/h3-13,26H,14-15H2,1-2H3,(H,28,33). The molecule has 9 heteroatoms. The first-order chi connectivity index (χ1) is 16.1. The zero-order valence-electron chi connectivity index (χ0n) is 18.2. The predicted octanol–water partition coefficient (Wildman–Crippen LogP) is 5.71. The van der Waals surface area contributed by atoms with E-state index in [2.05, 4.69) is 31.6 Å². The molecule has 0 atom stereocenters. The zero-order valence-corrected chi connectivity index (χ0v) is 20.6. The molecule has 1 aromatic heterocycles. The third kappa shape index (κ3) is 5.04. The Morgan fingerprint density at radius 1 is 0.970 bits per heavy atom. The molecule has 0 spiro atoms. The van der Waals surface area contributed by atoms with Crippen LogP contribution in [0.15, 0.2) is 71.2 Å². The number of rotatable bonds is 9. The van der Waals surface area contributed by atoms with E-state index in [1.807, 2.05) is 66.7 Å². The molecule has 0 saturated heterocycles. The van der Waals surface area contributed by atoms with Gasteiger partial charge < -0.3 is 19.6 Å². The topological polar surface area (TPSA) is 73.3 Å². The Hall–Kier alpha value is -3.30. The van der Waals surface area contributed by atoms with Gasteiger partial charge in [0, 0.05) is 10.0 Å². The Labute approximate surface area is 205 Å². The maximum absolute atomic E-state index is 6.20. The van der Waals surface area contributed by atoms with Crippen LogP contribution in [0, 0.1) is 4.77 Å². The summed E-state index contributed by atoms with van der Waals surface area (Å²) >= 11 is 9.12. The van der Waals surface area contributed by atoms with Crippen LogP contribution in [0.1, 0.15) is 11.1 Å². The number of benzene rings is 3. The van der Waals surface area contributed by atoms with E-state index in [0.717, 1.165) is 21.2 Å². The molecule has 170 valence electrons. The van der Waals surface area contributed by atoms with Gasteiger partial charge in [-0.2, -0.15) is 5.10 Å². The number of nitrogens with one attached hydrogen (secondary N) is 2. The summed E-state index contributed by atoms with van der Waals surface area (Å²) in [5.74, 6) is 2.61. The lowest BCUT2D eigenvalue weighted by Gasteiger charge is -2.18. The lowest BCUT2D eigenvalue weighted by molar-refractivity contribution is 0.281. The number of halogens is 1. The van der Waals surface area contributed by atoms with Crippen LogP contribution < -0.4 is 19.6 Å². The smallest absolute Gasteiger partial charge is 0.214 e. The Morgan fingerprint density at radius 2 is 1.70 bits per heavy atom. The Kier molecular flexibility index (Phi) is 7.31. The summed E-state index contributed by atoms with van der Waals surface area (Å²) in [7, 11) is 3.25. The molecular formula is C24H23BrN4O3S. The van der Waals surface area contributed by atoms with Crippen LogP contribution >= 0.6 is 28.1 Å². The largest absolute Gasteiger partial charge is 0.496 e. The molecule has 0 amide bonds. The van der Waals surface area contributed by atoms with Crippen LogP contribution in [0.25, 0.3) is 11.4 Å². The number of nitrogens with zero attached hydrogens (tertiary/aromatic N) is 2. The molecule has 2 N–H and O–H groups in total. The van der Waals surface area contributed by atoms with E-state index in [0.29, 0.717) is 41.0 Å². The number of ether oxygens (including phenoxy) is 3. The molecule has 0 aliphatic rings. The maximum Gasteiger partial charge on any atom is 0.214 e. The van der Waals surface area contributed by atoms with Crippen molar-refractivity contribution in [2.45, 2.75) is 13.2 Å². The predicted molar refractivity (Wildman–Crippen MR) is 134 cm³/mol. The van der Waals surface area contributed by atoms with Gasteiger partial charge in [-0.25, -0.2) is 9.77 Å². The van der Waals surface area contributed by atoms with Crippen molar-refractivity contribution in [2.75, 3.05) is 19.6 Å². The fourth-order valence-electron chi connectivity index (χ4n) is 3.41. The normalized spacial score (nSPS) is 10.6. The zero-order chi connectivity index (χ0) is 23.2. The van der Waals surface area contributed by atoms with E-state index in [9.17, 15) is 0 Å². The van der Waals surface area contributed by atoms with Gasteiger partial charge in [0.25, 0.3) is 0 Å². The second-order valence-corrected chi connectivity index (χ2v) is 8.30. The molecule has 0 fully saturated rings. The molecule has 3 aromatic carbocycles. The maximum atomic E-state index is 6.20. The number of H-pyrrole nitrogens is 1. The number of hydrogen-bond donors (Lipinski definition) is 2. The lowest BCUT2D eigenvalue weighted by atomic mass is 10.1. The Morgan fingerprint density at radius 3 is 2.45 bits per heavy atom. The molecule has 0 radical (unpaired) electrons. The summed E-state index contributed by atoms with van der Waals surface area (Å²) in [5.41, 5.74) is 6.12. The van der Waals surface area contributed by atoms with Crippen molar-refractivity contribution >= 4 is 28.1 Å². The number of hydrogen-bond acceptors (Lipinski definition) is 6. The first-order valence-electron chi connectivity index (χ1n) is 10.2. The van der Waals surface area contributed by atoms with Crippen molar-refractivity contribution in [1.29, 1.82) is 0 Å². The molecule has 0 saturated carbocycles. The molecule has 0 aliphatic carbocycles. The number of para-hydroxylation sites is 1. The monoisotopic (exact) mass is 526 g/mol. The van der Waals surface area contributed by atoms with E-state index < -0.39 is 0 Å². The highest BCUT2D eigenvalue weighted by atomic mass is 79.9. The molecule has 7 nitrogen and oxygen atoms in total. The summed E-state index contributed by atoms with van der Waals surface area (Å²) in [6.45, 7) is 0.816. The average molecular weight is 527 g/mol. The fourth-order valence-corrected chi connectivity index (χ4v) is 4.06. The van der Waals surface area contributed by atoms with Gasteiger partial charge in [0.05, 0.1) is 26.3 Å². The number of methoxy groups -OCH3 is 2.